The van der Waals surface area contributed by atoms with E-state index < -0.39 is 10.0 Å². The molecule has 0 aromatic heterocycles. The average Bonchev–Trinajstić information content (AvgIpc) is 3.09. The quantitative estimate of drug-likeness (QED) is 0.747. The molecule has 0 radical (unpaired) electrons. The number of piperazine rings is 1. The Hall–Kier alpha value is -1.51. The number of sulfonamides is 1. The van der Waals surface area contributed by atoms with Gasteiger partial charge in [0.15, 0.2) is 11.5 Å². The predicted molar refractivity (Wildman–Crippen MR) is 103 cm³/mol. The summed E-state index contributed by atoms with van der Waals surface area (Å²) < 4.78 is 37.9. The molecule has 0 atom stereocenters. The van der Waals surface area contributed by atoms with Crippen LogP contribution in [0, 0.1) is 0 Å². The van der Waals surface area contributed by atoms with Crippen LogP contribution in [0.1, 0.15) is 5.56 Å². The third kappa shape index (κ3) is 3.88. The van der Waals surface area contributed by atoms with Crippen molar-refractivity contribution in [2.45, 2.75) is 11.4 Å². The molecule has 2 aliphatic heterocycles. The molecule has 0 spiro atoms. The van der Waals surface area contributed by atoms with Crippen molar-refractivity contribution in [1.29, 1.82) is 0 Å². The fraction of sp³-hybridized carbons (Fsp3) is 0.333. The zero-order chi connectivity index (χ0) is 19.0. The highest BCUT2D eigenvalue weighted by atomic mass is 35.5. The van der Waals surface area contributed by atoms with Crippen LogP contribution in [0.5, 0.6) is 11.5 Å². The second-order valence-electron chi connectivity index (χ2n) is 6.44. The molecule has 6 nitrogen and oxygen atoms in total. The van der Waals surface area contributed by atoms with Crippen LogP contribution in [0.4, 0.5) is 0 Å². The van der Waals surface area contributed by atoms with Crippen molar-refractivity contribution in [3.8, 4) is 11.5 Å². The highest BCUT2D eigenvalue weighted by molar-refractivity contribution is 7.89. The number of hydrogen-bond donors (Lipinski definition) is 0. The van der Waals surface area contributed by atoms with Gasteiger partial charge in [-0.25, -0.2) is 8.42 Å². The number of ether oxygens (including phenoxy) is 2. The summed E-state index contributed by atoms with van der Waals surface area (Å²) in [5.74, 6) is 1.51. The highest BCUT2D eigenvalue weighted by Crippen LogP contribution is 2.33. The predicted octanol–water partition coefficient (Wildman–Crippen LogP) is 3.23. The molecule has 27 heavy (non-hydrogen) atoms. The van der Waals surface area contributed by atoms with Gasteiger partial charge < -0.3 is 9.47 Å². The smallest absolute Gasteiger partial charge is 0.244 e. The monoisotopic (exact) mass is 428 g/mol. The van der Waals surface area contributed by atoms with Gasteiger partial charge in [-0.1, -0.05) is 29.3 Å². The van der Waals surface area contributed by atoms with E-state index in [1.54, 1.807) is 0 Å². The van der Waals surface area contributed by atoms with Gasteiger partial charge in [0.25, 0.3) is 0 Å². The first kappa shape index (κ1) is 18.8. The molecule has 4 rings (SSSR count). The number of hydrogen-bond acceptors (Lipinski definition) is 5. The van der Waals surface area contributed by atoms with E-state index in [9.17, 15) is 8.42 Å². The first-order valence-electron chi connectivity index (χ1n) is 8.49. The number of nitrogens with zero attached hydrogens (tertiary/aromatic N) is 2. The van der Waals surface area contributed by atoms with Crippen molar-refractivity contribution >= 4 is 33.2 Å². The molecule has 0 aliphatic carbocycles. The van der Waals surface area contributed by atoms with Crippen molar-refractivity contribution in [3.05, 3.63) is 52.0 Å². The molecule has 1 saturated heterocycles. The largest absolute Gasteiger partial charge is 0.454 e. The minimum absolute atomic E-state index is 0.0952. The summed E-state index contributed by atoms with van der Waals surface area (Å²) in [6, 6.07) is 10.3. The van der Waals surface area contributed by atoms with Gasteiger partial charge in [0, 0.05) is 37.7 Å². The Balaban J connectivity index is 1.41. The molecule has 0 saturated carbocycles. The maximum Gasteiger partial charge on any atom is 0.244 e. The van der Waals surface area contributed by atoms with E-state index in [2.05, 4.69) is 4.90 Å². The van der Waals surface area contributed by atoms with Crippen molar-refractivity contribution in [2.24, 2.45) is 0 Å². The van der Waals surface area contributed by atoms with Crippen LogP contribution in [-0.2, 0) is 16.6 Å². The van der Waals surface area contributed by atoms with Gasteiger partial charge in [0.05, 0.1) is 5.02 Å². The van der Waals surface area contributed by atoms with Crippen LogP contribution in [0.2, 0.25) is 10.0 Å². The lowest BCUT2D eigenvalue weighted by molar-refractivity contribution is 0.173. The van der Waals surface area contributed by atoms with E-state index in [1.165, 1.54) is 22.5 Å². The molecule has 2 aromatic carbocycles. The lowest BCUT2D eigenvalue weighted by Gasteiger charge is -2.34. The Morgan fingerprint density at radius 1 is 0.926 bits per heavy atom. The standard InChI is InChI=1S/C18H18Cl2N2O4S/c19-14-2-4-18(15(20)10-14)27(23,24)22-7-5-21(6-8-22)11-13-1-3-16-17(9-13)26-12-25-16/h1-4,9-10H,5-8,11-12H2. The lowest BCUT2D eigenvalue weighted by Crippen LogP contribution is -2.48. The van der Waals surface area contributed by atoms with E-state index in [0.29, 0.717) is 31.2 Å². The van der Waals surface area contributed by atoms with E-state index >= 15 is 0 Å². The normalized spacial score (nSPS) is 18.0. The summed E-state index contributed by atoms with van der Waals surface area (Å²) in [4.78, 5) is 2.31. The maximum atomic E-state index is 12.9. The number of benzene rings is 2. The Morgan fingerprint density at radius 2 is 1.67 bits per heavy atom. The molecule has 0 unspecified atom stereocenters. The fourth-order valence-electron chi connectivity index (χ4n) is 3.25. The summed E-state index contributed by atoms with van der Waals surface area (Å²) in [6.07, 6.45) is 0. The molecule has 0 N–H and O–H groups in total. The van der Waals surface area contributed by atoms with Crippen molar-refractivity contribution in [3.63, 3.8) is 0 Å². The van der Waals surface area contributed by atoms with E-state index in [4.69, 9.17) is 32.7 Å². The van der Waals surface area contributed by atoms with Gasteiger partial charge in [0.2, 0.25) is 16.8 Å². The summed E-state index contributed by atoms with van der Waals surface area (Å²) in [5.41, 5.74) is 1.11. The lowest BCUT2D eigenvalue weighted by atomic mass is 10.2. The van der Waals surface area contributed by atoms with Crippen LogP contribution in [-0.4, -0.2) is 50.6 Å². The fourth-order valence-corrected chi connectivity index (χ4v) is 5.42. The molecule has 1 fully saturated rings. The highest BCUT2D eigenvalue weighted by Gasteiger charge is 2.30. The summed E-state index contributed by atoms with van der Waals surface area (Å²) in [7, 11) is -3.63. The second kappa shape index (κ2) is 7.48. The van der Waals surface area contributed by atoms with Gasteiger partial charge in [-0.05, 0) is 35.9 Å². The first-order chi connectivity index (χ1) is 12.9. The van der Waals surface area contributed by atoms with Crippen molar-refractivity contribution in [1.82, 2.24) is 9.21 Å². The minimum Gasteiger partial charge on any atom is -0.454 e. The van der Waals surface area contributed by atoms with Crippen LogP contribution in [0.25, 0.3) is 0 Å². The number of fused-ring (bicyclic) bond motifs is 1. The Kier molecular flexibility index (Phi) is 5.22. The van der Waals surface area contributed by atoms with Gasteiger partial charge in [-0.3, -0.25) is 4.90 Å². The molecule has 2 aromatic rings. The molecule has 2 heterocycles. The van der Waals surface area contributed by atoms with Gasteiger partial charge >= 0.3 is 0 Å². The van der Waals surface area contributed by atoms with Crippen molar-refractivity contribution < 1.29 is 17.9 Å². The second-order valence-corrected chi connectivity index (χ2v) is 9.19. The number of halogens is 2. The zero-order valence-corrected chi connectivity index (χ0v) is 16.7. The molecule has 0 amide bonds. The molecule has 2 aliphatic rings. The topological polar surface area (TPSA) is 59.1 Å². The molecule has 0 bridgehead atoms. The maximum absolute atomic E-state index is 12.9. The third-order valence-corrected chi connectivity index (χ3v) is 7.30. The summed E-state index contributed by atoms with van der Waals surface area (Å²) in [5, 5.41) is 0.554. The molecular formula is C18H18Cl2N2O4S. The number of rotatable bonds is 4. The summed E-state index contributed by atoms with van der Waals surface area (Å²) >= 11 is 12.0. The van der Waals surface area contributed by atoms with E-state index in [1.807, 2.05) is 18.2 Å². The van der Waals surface area contributed by atoms with Gasteiger partial charge in [-0.2, -0.15) is 4.31 Å². The zero-order valence-electron chi connectivity index (χ0n) is 14.4. The van der Waals surface area contributed by atoms with Gasteiger partial charge in [-0.15, -0.1) is 0 Å². The average molecular weight is 429 g/mol. The van der Waals surface area contributed by atoms with Gasteiger partial charge in [0.1, 0.15) is 4.90 Å². The third-order valence-electron chi connectivity index (χ3n) is 4.69. The van der Waals surface area contributed by atoms with E-state index in [-0.39, 0.29) is 16.7 Å². The van der Waals surface area contributed by atoms with Crippen LogP contribution < -0.4 is 9.47 Å². The van der Waals surface area contributed by atoms with E-state index in [0.717, 1.165) is 23.6 Å². The Bertz CT molecular complexity index is 960. The molecular weight excluding hydrogens is 411 g/mol. The molecule has 9 heteroatoms. The van der Waals surface area contributed by atoms with Crippen LogP contribution in [0.3, 0.4) is 0 Å². The Labute approximate surface area is 168 Å². The molecule has 144 valence electrons. The Morgan fingerprint density at radius 3 is 2.41 bits per heavy atom. The summed E-state index contributed by atoms with van der Waals surface area (Å²) in [6.45, 7) is 3.07. The van der Waals surface area contributed by atoms with Crippen LogP contribution in [0.15, 0.2) is 41.3 Å². The van der Waals surface area contributed by atoms with Crippen LogP contribution >= 0.6 is 23.2 Å². The van der Waals surface area contributed by atoms with Crippen molar-refractivity contribution in [2.75, 3.05) is 33.0 Å². The SMILES string of the molecule is O=S(=O)(c1ccc(Cl)cc1Cl)N1CCN(Cc2ccc3c(c2)OCO3)CC1. The first-order valence-corrected chi connectivity index (χ1v) is 10.7. The minimum atomic E-state index is -3.63.